The molecule has 0 fully saturated rings. The van der Waals surface area contributed by atoms with Crippen molar-refractivity contribution in [1.82, 2.24) is 0 Å². The van der Waals surface area contributed by atoms with Crippen molar-refractivity contribution in [2.24, 2.45) is 0 Å². The summed E-state index contributed by atoms with van der Waals surface area (Å²) < 4.78 is 13.9. The Morgan fingerprint density at radius 3 is 2.39 bits per heavy atom. The molecule has 0 heterocycles. The van der Waals surface area contributed by atoms with Crippen molar-refractivity contribution < 1.29 is 18.8 Å². The molecule has 0 aliphatic rings. The highest BCUT2D eigenvalue weighted by atomic mass is 79.9. The summed E-state index contributed by atoms with van der Waals surface area (Å²) in [4.78, 5) is 35.7. The molecule has 0 aromatic heterocycles. The van der Waals surface area contributed by atoms with Crippen molar-refractivity contribution in [2.75, 3.05) is 10.6 Å². The van der Waals surface area contributed by atoms with Crippen molar-refractivity contribution >= 4 is 39.1 Å². The highest BCUT2D eigenvalue weighted by Gasteiger charge is 2.19. The number of hydrogen-bond donors (Lipinski definition) is 1. The van der Waals surface area contributed by atoms with Gasteiger partial charge >= 0.3 is 0 Å². The Labute approximate surface area is 140 Å². The molecule has 2 rings (SSSR count). The van der Waals surface area contributed by atoms with Crippen LogP contribution in [0.1, 0.15) is 33.2 Å². The summed E-state index contributed by atoms with van der Waals surface area (Å²) in [6.45, 7) is 1.36. The van der Waals surface area contributed by atoms with Crippen LogP contribution in [0.2, 0.25) is 0 Å². The molecule has 0 bridgehead atoms. The first-order valence-electron chi connectivity index (χ1n) is 6.74. The van der Waals surface area contributed by atoms with Gasteiger partial charge in [-0.25, -0.2) is 4.39 Å². The zero-order valence-electron chi connectivity index (χ0n) is 12.2. The molecule has 2 aromatic carbocycles. The third-order valence-electron chi connectivity index (χ3n) is 3.18. The van der Waals surface area contributed by atoms with E-state index in [0.29, 0.717) is 5.56 Å². The number of amides is 1. The van der Waals surface area contributed by atoms with E-state index in [9.17, 15) is 18.8 Å². The third kappa shape index (κ3) is 3.90. The Morgan fingerprint density at radius 2 is 1.78 bits per heavy atom. The van der Waals surface area contributed by atoms with Gasteiger partial charge in [-0.05, 0) is 37.3 Å². The molecule has 0 unspecified atom stereocenters. The second-order valence-corrected chi connectivity index (χ2v) is 5.37. The number of rotatable bonds is 5. The van der Waals surface area contributed by atoms with Crippen molar-refractivity contribution in [3.8, 4) is 0 Å². The predicted molar refractivity (Wildman–Crippen MR) is 88.7 cm³/mol. The van der Waals surface area contributed by atoms with Crippen LogP contribution in [0.15, 0.2) is 42.5 Å². The lowest BCUT2D eigenvalue weighted by Crippen LogP contribution is -2.16. The van der Waals surface area contributed by atoms with Crippen molar-refractivity contribution in [2.45, 2.75) is 6.92 Å². The van der Waals surface area contributed by atoms with Gasteiger partial charge in [0.15, 0.2) is 11.6 Å². The number of hydrogen-bond acceptors (Lipinski definition) is 3. The molecule has 118 valence electrons. The van der Waals surface area contributed by atoms with Gasteiger partial charge in [-0.15, -0.1) is 0 Å². The Hall–Kier alpha value is -2.34. The van der Waals surface area contributed by atoms with E-state index in [2.05, 4.69) is 21.2 Å². The van der Waals surface area contributed by atoms with Gasteiger partial charge in [0, 0.05) is 11.1 Å². The normalized spacial score (nSPS) is 10.2. The van der Waals surface area contributed by atoms with E-state index in [1.807, 2.05) is 0 Å². The summed E-state index contributed by atoms with van der Waals surface area (Å²) in [5.41, 5.74) is 0.480. The highest BCUT2D eigenvalue weighted by molar-refractivity contribution is 9.09. The van der Waals surface area contributed by atoms with Crippen LogP contribution in [-0.2, 0) is 4.79 Å². The molecule has 23 heavy (non-hydrogen) atoms. The van der Waals surface area contributed by atoms with E-state index in [4.69, 9.17) is 0 Å². The fraction of sp³-hybridized carbons (Fsp3) is 0.118. The minimum absolute atomic E-state index is 0.0504. The minimum Gasteiger partial charge on any atom is -0.325 e. The topological polar surface area (TPSA) is 63.2 Å². The molecule has 6 heteroatoms. The molecule has 0 aliphatic carbocycles. The van der Waals surface area contributed by atoms with Crippen molar-refractivity contribution in [3.63, 3.8) is 0 Å². The van der Waals surface area contributed by atoms with Gasteiger partial charge in [0.05, 0.1) is 16.6 Å². The van der Waals surface area contributed by atoms with E-state index in [1.165, 1.54) is 43.3 Å². The predicted octanol–water partition coefficient (Wildman–Crippen LogP) is 3.59. The van der Waals surface area contributed by atoms with Crippen LogP contribution in [0.25, 0.3) is 0 Å². The quantitative estimate of drug-likeness (QED) is 0.639. The maximum absolute atomic E-state index is 13.9. The third-order valence-corrected chi connectivity index (χ3v) is 3.69. The highest BCUT2D eigenvalue weighted by Crippen LogP contribution is 2.23. The Balaban J connectivity index is 2.55. The molecular formula is C17H13BrFNO3. The fourth-order valence-electron chi connectivity index (χ4n) is 2.03. The molecule has 1 amide bonds. The summed E-state index contributed by atoms with van der Waals surface area (Å²) in [7, 11) is 0. The average molecular weight is 378 g/mol. The summed E-state index contributed by atoms with van der Waals surface area (Å²) in [6.07, 6.45) is 0. The zero-order chi connectivity index (χ0) is 17.0. The van der Waals surface area contributed by atoms with Gasteiger partial charge in [0.25, 0.3) is 0 Å². The minimum atomic E-state index is -0.663. The smallest absolute Gasteiger partial charge is 0.235 e. The second kappa shape index (κ2) is 7.28. The monoisotopic (exact) mass is 377 g/mol. The van der Waals surface area contributed by atoms with Gasteiger partial charge in [0.2, 0.25) is 5.91 Å². The molecular weight excluding hydrogens is 365 g/mol. The molecule has 0 radical (unpaired) electrons. The maximum Gasteiger partial charge on any atom is 0.235 e. The van der Waals surface area contributed by atoms with Gasteiger partial charge < -0.3 is 5.32 Å². The molecule has 0 atom stereocenters. The lowest BCUT2D eigenvalue weighted by Gasteiger charge is -2.11. The molecule has 0 aliphatic heterocycles. The van der Waals surface area contributed by atoms with Crippen LogP contribution < -0.4 is 5.32 Å². The summed E-state index contributed by atoms with van der Waals surface area (Å²) in [5, 5.41) is 2.61. The van der Waals surface area contributed by atoms with Gasteiger partial charge in [-0.3, -0.25) is 14.4 Å². The number of benzene rings is 2. The van der Waals surface area contributed by atoms with Crippen LogP contribution in [0.3, 0.4) is 0 Å². The van der Waals surface area contributed by atoms with E-state index in [0.717, 1.165) is 0 Å². The number of halogens is 2. The molecule has 0 spiro atoms. The second-order valence-electron chi connectivity index (χ2n) is 4.81. The fourth-order valence-corrected chi connectivity index (χ4v) is 2.17. The Kier molecular flexibility index (Phi) is 5.39. The van der Waals surface area contributed by atoms with Gasteiger partial charge in [-0.2, -0.15) is 0 Å². The lowest BCUT2D eigenvalue weighted by atomic mass is 9.98. The standard InChI is InChI=1S/C17H13BrFNO3/c1-10(21)11-6-7-15(20-16(22)9-18)13(8-11)17(23)12-4-2-3-5-14(12)19/h2-8H,9H2,1H3,(H,20,22). The Bertz CT molecular complexity index is 789. The van der Waals surface area contributed by atoms with E-state index in [-0.39, 0.29) is 33.8 Å². The number of Topliss-reactive ketones (excluding diaryl/α,β-unsaturated/α-hetero) is 1. The summed E-state index contributed by atoms with van der Waals surface area (Å²) in [6, 6.07) is 9.89. The summed E-state index contributed by atoms with van der Waals surface area (Å²) >= 11 is 3.02. The lowest BCUT2D eigenvalue weighted by molar-refractivity contribution is -0.113. The van der Waals surface area contributed by atoms with E-state index < -0.39 is 11.6 Å². The number of ketones is 2. The average Bonchev–Trinajstić information content (AvgIpc) is 2.54. The first-order chi connectivity index (χ1) is 10.9. The van der Waals surface area contributed by atoms with Gasteiger partial charge in [0.1, 0.15) is 5.82 Å². The van der Waals surface area contributed by atoms with Crippen LogP contribution in [-0.4, -0.2) is 22.8 Å². The van der Waals surface area contributed by atoms with E-state index in [1.54, 1.807) is 6.07 Å². The SMILES string of the molecule is CC(=O)c1ccc(NC(=O)CBr)c(C(=O)c2ccccc2F)c1. The number of nitrogens with one attached hydrogen (secondary N) is 1. The largest absolute Gasteiger partial charge is 0.325 e. The number of carbonyl (C=O) groups is 3. The number of alkyl halides is 1. The van der Waals surface area contributed by atoms with Crippen LogP contribution >= 0.6 is 15.9 Å². The number of anilines is 1. The van der Waals surface area contributed by atoms with Crippen LogP contribution in [0, 0.1) is 5.82 Å². The molecule has 0 saturated carbocycles. The zero-order valence-corrected chi connectivity index (χ0v) is 13.8. The first kappa shape index (κ1) is 17.0. The summed E-state index contributed by atoms with van der Waals surface area (Å²) in [5.74, 6) is -1.85. The van der Waals surface area contributed by atoms with Crippen molar-refractivity contribution in [3.05, 3.63) is 65.0 Å². The van der Waals surface area contributed by atoms with Crippen molar-refractivity contribution in [1.29, 1.82) is 0 Å². The molecule has 1 N–H and O–H groups in total. The number of carbonyl (C=O) groups excluding carboxylic acids is 3. The van der Waals surface area contributed by atoms with Gasteiger partial charge in [-0.1, -0.05) is 28.1 Å². The van der Waals surface area contributed by atoms with Crippen LogP contribution in [0.4, 0.5) is 10.1 Å². The van der Waals surface area contributed by atoms with E-state index >= 15 is 0 Å². The molecule has 4 nitrogen and oxygen atoms in total. The first-order valence-corrected chi connectivity index (χ1v) is 7.86. The maximum atomic E-state index is 13.9. The molecule has 0 saturated heterocycles. The molecule has 2 aromatic rings. The Morgan fingerprint density at radius 1 is 1.09 bits per heavy atom. The van der Waals surface area contributed by atoms with Crippen LogP contribution in [0.5, 0.6) is 0 Å².